The van der Waals surface area contributed by atoms with E-state index in [1.165, 1.54) is 0 Å². The summed E-state index contributed by atoms with van der Waals surface area (Å²) < 4.78 is 0. The topological polar surface area (TPSA) is 99.2 Å². The number of fused-ring (bicyclic) bond motifs is 1. The van der Waals surface area contributed by atoms with E-state index in [0.29, 0.717) is 0 Å². The molecular weight excluding hydrogens is 249 g/mol. The molecule has 1 aliphatic heterocycles. The molecule has 1 aromatic carbocycles. The van der Waals surface area contributed by atoms with Crippen LogP contribution in [-0.4, -0.2) is 32.3 Å². The summed E-state index contributed by atoms with van der Waals surface area (Å²) in [6, 6.07) is 6.25. The Morgan fingerprint density at radius 2 is 2.06 bits per heavy atom. The van der Waals surface area contributed by atoms with Crippen molar-refractivity contribution >= 4 is 5.97 Å². The first-order valence-electron chi connectivity index (χ1n) is 5.02. The van der Waals surface area contributed by atoms with Crippen LogP contribution in [0.25, 0.3) is 0 Å². The van der Waals surface area contributed by atoms with Gasteiger partial charge in [-0.05, 0) is 11.1 Å². The minimum absolute atomic E-state index is 0. The number of benzene rings is 1. The quantitative estimate of drug-likeness (QED) is 0.271. The van der Waals surface area contributed by atoms with Crippen LogP contribution in [0.1, 0.15) is 11.1 Å². The number of carboxylic acids is 1. The summed E-state index contributed by atoms with van der Waals surface area (Å²) in [4.78, 5) is 11.0. The standard InChI is InChI=1S/C10H11N3O4.Na/c14-10(15)9-5-7-3-1-2-4-8(7)6-12(9)13(17)11-16;/h1-4,9,16H,5-6H2,(H,14,15);/q;+1. The maximum atomic E-state index is 11.3. The van der Waals surface area contributed by atoms with E-state index in [1.807, 2.05) is 24.3 Å². The van der Waals surface area contributed by atoms with Gasteiger partial charge in [-0.1, -0.05) is 24.3 Å². The van der Waals surface area contributed by atoms with Gasteiger partial charge >= 0.3 is 35.5 Å². The third-order valence-electron chi connectivity index (χ3n) is 2.81. The zero-order chi connectivity index (χ0) is 12.4. The van der Waals surface area contributed by atoms with Crippen LogP contribution in [0.3, 0.4) is 0 Å². The van der Waals surface area contributed by atoms with Crippen molar-refractivity contribution in [2.75, 3.05) is 0 Å². The fourth-order valence-electron chi connectivity index (χ4n) is 1.96. The Morgan fingerprint density at radius 3 is 2.61 bits per heavy atom. The van der Waals surface area contributed by atoms with E-state index in [0.717, 1.165) is 16.1 Å². The molecule has 0 saturated carbocycles. The van der Waals surface area contributed by atoms with Gasteiger partial charge in [0, 0.05) is 6.42 Å². The molecule has 18 heavy (non-hydrogen) atoms. The van der Waals surface area contributed by atoms with Crippen LogP contribution >= 0.6 is 0 Å². The first kappa shape index (κ1) is 14.7. The average molecular weight is 260 g/mol. The van der Waals surface area contributed by atoms with Gasteiger partial charge in [0.25, 0.3) is 0 Å². The van der Waals surface area contributed by atoms with E-state index in [4.69, 9.17) is 10.3 Å². The van der Waals surface area contributed by atoms with E-state index in [2.05, 4.69) is 5.28 Å². The Morgan fingerprint density at radius 1 is 1.44 bits per heavy atom. The van der Waals surface area contributed by atoms with Crippen LogP contribution in [0.2, 0.25) is 0 Å². The van der Waals surface area contributed by atoms with Crippen molar-refractivity contribution in [2.45, 2.75) is 19.0 Å². The largest absolute Gasteiger partial charge is 1.00 e. The number of carbonyl (C=O) groups is 1. The molecule has 0 spiro atoms. The fourth-order valence-corrected chi connectivity index (χ4v) is 1.96. The number of hydrogen-bond acceptors (Lipinski definition) is 3. The molecule has 0 aromatic heterocycles. The third-order valence-corrected chi connectivity index (χ3v) is 2.81. The number of aliphatic carboxylic acids is 1. The molecule has 0 saturated heterocycles. The predicted octanol–water partition coefficient (Wildman–Crippen LogP) is -2.23. The van der Waals surface area contributed by atoms with Crippen LogP contribution in [-0.2, 0) is 17.8 Å². The SMILES string of the molecule is O=C(O)C1Cc2ccccc2CN1[N+]([O-])=NO.[Na+]. The molecule has 0 aliphatic carbocycles. The predicted molar refractivity (Wildman–Crippen MR) is 55.0 cm³/mol. The van der Waals surface area contributed by atoms with Crippen LogP contribution in [0.15, 0.2) is 29.5 Å². The van der Waals surface area contributed by atoms with E-state index in [1.54, 1.807) is 0 Å². The van der Waals surface area contributed by atoms with Crippen LogP contribution in [0, 0.1) is 5.21 Å². The van der Waals surface area contributed by atoms with Gasteiger partial charge in [0.1, 0.15) is 6.54 Å². The first-order chi connectivity index (χ1) is 8.13. The molecule has 0 amide bonds. The second-order valence-corrected chi connectivity index (χ2v) is 3.77. The van der Waals surface area contributed by atoms with Crippen molar-refractivity contribution in [3.8, 4) is 0 Å². The number of hydrazine groups is 1. The molecule has 90 valence electrons. The van der Waals surface area contributed by atoms with Crippen molar-refractivity contribution in [3.05, 3.63) is 40.6 Å². The maximum Gasteiger partial charge on any atom is 1.00 e. The van der Waals surface area contributed by atoms with Gasteiger partial charge in [-0.15, -0.1) is 5.01 Å². The summed E-state index contributed by atoms with van der Waals surface area (Å²) in [7, 11) is 0. The van der Waals surface area contributed by atoms with Crippen LogP contribution in [0.5, 0.6) is 0 Å². The van der Waals surface area contributed by atoms with Crippen LogP contribution < -0.4 is 29.6 Å². The number of hydrogen-bond donors (Lipinski definition) is 2. The van der Waals surface area contributed by atoms with Crippen molar-refractivity contribution in [2.24, 2.45) is 5.28 Å². The summed E-state index contributed by atoms with van der Waals surface area (Å²) in [5, 5.41) is 32.2. The summed E-state index contributed by atoms with van der Waals surface area (Å²) in [6.45, 7) is 0.112. The molecule has 2 rings (SSSR count). The minimum Gasteiger partial charge on any atom is -0.569 e. The molecule has 1 heterocycles. The zero-order valence-electron chi connectivity index (χ0n) is 9.85. The smallest absolute Gasteiger partial charge is 0.569 e. The zero-order valence-corrected chi connectivity index (χ0v) is 11.9. The molecule has 8 heteroatoms. The normalized spacial score (nSPS) is 18.8. The van der Waals surface area contributed by atoms with Gasteiger partial charge in [0.2, 0.25) is 5.28 Å². The second-order valence-electron chi connectivity index (χ2n) is 3.77. The van der Waals surface area contributed by atoms with E-state index >= 15 is 0 Å². The van der Waals surface area contributed by atoms with Gasteiger partial charge in [0.15, 0.2) is 6.04 Å². The number of carboxylic acid groups (broad SMARTS) is 1. The van der Waals surface area contributed by atoms with Gasteiger partial charge in [-0.3, -0.25) is 0 Å². The van der Waals surface area contributed by atoms with E-state index in [-0.39, 0.29) is 47.5 Å². The fraction of sp³-hybridized carbons (Fsp3) is 0.300. The molecule has 2 N–H and O–H groups in total. The Kier molecular flexibility index (Phi) is 4.94. The monoisotopic (exact) mass is 260 g/mol. The molecule has 1 atom stereocenters. The third kappa shape index (κ3) is 2.74. The first-order valence-corrected chi connectivity index (χ1v) is 5.02. The number of nitrogens with zero attached hydrogens (tertiary/aromatic N) is 3. The Bertz CT molecular complexity index is 480. The summed E-state index contributed by atoms with van der Waals surface area (Å²) in [6.07, 6.45) is 0.208. The van der Waals surface area contributed by atoms with E-state index in [9.17, 15) is 10.0 Å². The molecule has 1 aliphatic rings. The minimum atomic E-state index is -1.12. The Balaban J connectivity index is 0.00000162. The molecular formula is C10H11N3NaO4+. The van der Waals surface area contributed by atoms with Gasteiger partial charge in [0.05, 0.1) is 4.97 Å². The maximum absolute atomic E-state index is 11.3. The Labute approximate surface area is 125 Å². The molecule has 0 fully saturated rings. The summed E-state index contributed by atoms with van der Waals surface area (Å²) >= 11 is 0. The Hall–Kier alpha value is -1.31. The second kappa shape index (κ2) is 6.03. The van der Waals surface area contributed by atoms with Crippen molar-refractivity contribution in [1.82, 2.24) is 5.01 Å². The molecule has 1 aromatic rings. The van der Waals surface area contributed by atoms with Crippen molar-refractivity contribution < 1.29 is 49.6 Å². The molecule has 7 nitrogen and oxygen atoms in total. The molecule has 0 bridgehead atoms. The van der Waals surface area contributed by atoms with Crippen molar-refractivity contribution in [3.63, 3.8) is 0 Å². The summed E-state index contributed by atoms with van der Waals surface area (Å²) in [5.74, 6) is -1.12. The van der Waals surface area contributed by atoms with Gasteiger partial charge in [-0.2, -0.15) is 0 Å². The van der Waals surface area contributed by atoms with E-state index < -0.39 is 12.0 Å². The van der Waals surface area contributed by atoms with Crippen molar-refractivity contribution in [1.29, 1.82) is 0 Å². The van der Waals surface area contributed by atoms with Gasteiger partial charge in [-0.25, -0.2) is 4.79 Å². The number of rotatable bonds is 2. The van der Waals surface area contributed by atoms with Gasteiger partial charge < -0.3 is 15.5 Å². The van der Waals surface area contributed by atoms with Crippen LogP contribution in [0.4, 0.5) is 0 Å². The summed E-state index contributed by atoms with van der Waals surface area (Å²) in [5.41, 5.74) is 1.75. The molecule has 0 radical (unpaired) electrons. The molecule has 1 unspecified atom stereocenters. The average Bonchev–Trinajstić information content (AvgIpc) is 2.36.